The molecule has 0 bridgehead atoms. The number of para-hydroxylation sites is 1. The summed E-state index contributed by atoms with van der Waals surface area (Å²) >= 11 is 5.95. The second kappa shape index (κ2) is 8.18. The summed E-state index contributed by atoms with van der Waals surface area (Å²) in [6.07, 6.45) is 0.804. The van der Waals surface area contributed by atoms with Crippen molar-refractivity contribution in [3.8, 4) is 11.4 Å². The van der Waals surface area contributed by atoms with E-state index in [0.717, 1.165) is 23.2 Å². The van der Waals surface area contributed by atoms with Crippen molar-refractivity contribution in [3.05, 3.63) is 81.2 Å². The van der Waals surface area contributed by atoms with Crippen molar-refractivity contribution in [1.82, 2.24) is 9.55 Å². The summed E-state index contributed by atoms with van der Waals surface area (Å²) in [7, 11) is 0. The van der Waals surface area contributed by atoms with Crippen LogP contribution >= 0.6 is 11.6 Å². The van der Waals surface area contributed by atoms with Crippen molar-refractivity contribution in [3.63, 3.8) is 0 Å². The number of hydrogen-bond donors (Lipinski definition) is 1. The van der Waals surface area contributed by atoms with Crippen LogP contribution in [-0.4, -0.2) is 15.5 Å². The van der Waals surface area contributed by atoms with Crippen molar-refractivity contribution < 1.29 is 4.79 Å². The minimum absolute atomic E-state index is 0.123. The van der Waals surface area contributed by atoms with Gasteiger partial charge in [0.1, 0.15) is 12.4 Å². The number of hydrogen-bond acceptors (Lipinski definition) is 3. The van der Waals surface area contributed by atoms with Gasteiger partial charge in [-0.1, -0.05) is 36.7 Å². The Kier molecular flexibility index (Phi) is 5.72. The topological polar surface area (TPSA) is 64.0 Å². The van der Waals surface area contributed by atoms with Gasteiger partial charge in [0.25, 0.3) is 5.56 Å². The monoisotopic (exact) mass is 381 g/mol. The van der Waals surface area contributed by atoms with Gasteiger partial charge in [-0.15, -0.1) is 0 Å². The number of aryl methyl sites for hydroxylation is 2. The molecule has 0 radical (unpaired) electrons. The second-order valence-corrected chi connectivity index (χ2v) is 6.65. The lowest BCUT2D eigenvalue weighted by atomic mass is 10.1. The van der Waals surface area contributed by atoms with Crippen molar-refractivity contribution in [2.45, 2.75) is 26.8 Å². The Bertz CT molecular complexity index is 1030. The van der Waals surface area contributed by atoms with Gasteiger partial charge >= 0.3 is 0 Å². The smallest absolute Gasteiger partial charge is 0.254 e. The van der Waals surface area contributed by atoms with E-state index < -0.39 is 0 Å². The van der Waals surface area contributed by atoms with Gasteiger partial charge in [0.05, 0.1) is 0 Å². The molecule has 2 aromatic carbocycles. The molecule has 1 amide bonds. The minimum Gasteiger partial charge on any atom is -0.324 e. The molecule has 0 fully saturated rings. The summed E-state index contributed by atoms with van der Waals surface area (Å²) in [6.45, 7) is 3.66. The molecule has 0 aliphatic rings. The number of amides is 1. The molecule has 0 unspecified atom stereocenters. The molecule has 5 nitrogen and oxygen atoms in total. The summed E-state index contributed by atoms with van der Waals surface area (Å²) in [4.78, 5) is 29.6. The number of nitrogens with zero attached hydrogens (tertiary/aromatic N) is 2. The van der Waals surface area contributed by atoms with Gasteiger partial charge in [-0.3, -0.25) is 14.2 Å². The maximum Gasteiger partial charge on any atom is 0.254 e. The van der Waals surface area contributed by atoms with E-state index in [0.29, 0.717) is 16.5 Å². The number of carbonyl (C=O) groups is 1. The molecule has 3 aromatic rings. The van der Waals surface area contributed by atoms with Gasteiger partial charge in [0.2, 0.25) is 5.91 Å². The van der Waals surface area contributed by atoms with E-state index in [1.165, 1.54) is 10.6 Å². The number of halogens is 1. The van der Waals surface area contributed by atoms with Crippen LogP contribution in [0.1, 0.15) is 18.2 Å². The van der Waals surface area contributed by atoms with Crippen LogP contribution in [-0.2, 0) is 17.8 Å². The third kappa shape index (κ3) is 4.44. The summed E-state index contributed by atoms with van der Waals surface area (Å²) in [5, 5.41) is 3.48. The van der Waals surface area contributed by atoms with Gasteiger partial charge < -0.3 is 5.32 Å². The van der Waals surface area contributed by atoms with Crippen LogP contribution in [0.5, 0.6) is 0 Å². The van der Waals surface area contributed by atoms with E-state index in [1.54, 1.807) is 31.2 Å². The van der Waals surface area contributed by atoms with E-state index >= 15 is 0 Å². The highest BCUT2D eigenvalue weighted by Crippen LogP contribution is 2.20. The Morgan fingerprint density at radius 2 is 1.85 bits per heavy atom. The zero-order valence-electron chi connectivity index (χ0n) is 15.2. The first-order valence-electron chi connectivity index (χ1n) is 8.70. The van der Waals surface area contributed by atoms with E-state index in [4.69, 9.17) is 11.6 Å². The predicted octanol–water partition coefficient (Wildman–Crippen LogP) is 4.07. The van der Waals surface area contributed by atoms with Crippen molar-refractivity contribution in [1.29, 1.82) is 0 Å². The molecule has 1 heterocycles. The van der Waals surface area contributed by atoms with Crippen molar-refractivity contribution in [2.24, 2.45) is 0 Å². The average molecular weight is 382 g/mol. The first-order chi connectivity index (χ1) is 13.0. The van der Waals surface area contributed by atoms with Gasteiger partial charge in [-0.25, -0.2) is 4.98 Å². The number of nitrogens with one attached hydrogen (secondary N) is 1. The number of rotatable bonds is 5. The van der Waals surface area contributed by atoms with E-state index in [-0.39, 0.29) is 18.0 Å². The number of benzene rings is 2. The van der Waals surface area contributed by atoms with Crippen LogP contribution in [0, 0.1) is 6.92 Å². The van der Waals surface area contributed by atoms with Crippen LogP contribution in [0.3, 0.4) is 0 Å². The number of carbonyl (C=O) groups excluding carboxylic acids is 1. The fourth-order valence-corrected chi connectivity index (χ4v) is 3.00. The molecule has 1 aromatic heterocycles. The molecule has 27 heavy (non-hydrogen) atoms. The van der Waals surface area contributed by atoms with E-state index in [1.807, 2.05) is 31.2 Å². The quantitative estimate of drug-likeness (QED) is 0.724. The number of anilines is 1. The summed E-state index contributed by atoms with van der Waals surface area (Å²) in [5.41, 5.74) is 2.84. The maximum absolute atomic E-state index is 12.6. The lowest BCUT2D eigenvalue weighted by Gasteiger charge is -2.14. The molecule has 6 heteroatoms. The lowest BCUT2D eigenvalue weighted by molar-refractivity contribution is -0.116. The van der Waals surface area contributed by atoms with Gasteiger partial charge in [0, 0.05) is 28.0 Å². The molecule has 0 spiro atoms. The van der Waals surface area contributed by atoms with Gasteiger partial charge in [-0.05, 0) is 49.2 Å². The van der Waals surface area contributed by atoms with Crippen LogP contribution in [0.2, 0.25) is 5.02 Å². The third-order valence-electron chi connectivity index (χ3n) is 4.21. The Morgan fingerprint density at radius 3 is 2.56 bits per heavy atom. The fourth-order valence-electron chi connectivity index (χ4n) is 2.88. The highest BCUT2D eigenvalue weighted by atomic mass is 35.5. The summed E-state index contributed by atoms with van der Waals surface area (Å²) < 4.78 is 1.38. The summed E-state index contributed by atoms with van der Waals surface area (Å²) in [6, 6.07) is 16.1. The molecule has 1 N–H and O–H groups in total. The molecule has 0 aliphatic heterocycles. The Morgan fingerprint density at radius 1 is 1.15 bits per heavy atom. The average Bonchev–Trinajstić information content (AvgIpc) is 2.65. The van der Waals surface area contributed by atoms with Crippen LogP contribution < -0.4 is 10.9 Å². The molecule has 0 atom stereocenters. The SMILES string of the molecule is CCc1ccccc1NC(=O)Cn1c(-c2ccc(Cl)cc2)nc(C)cc1=O. The first kappa shape index (κ1) is 18.9. The molecule has 138 valence electrons. The standard InChI is InChI=1S/C21H20ClN3O2/c1-3-15-6-4-5-7-18(15)24-19(26)13-25-20(27)12-14(2)23-21(25)16-8-10-17(22)11-9-16/h4-12H,3,13H2,1-2H3,(H,24,26). The third-order valence-corrected chi connectivity index (χ3v) is 4.46. The van der Waals surface area contributed by atoms with Crippen LogP contribution in [0.4, 0.5) is 5.69 Å². The van der Waals surface area contributed by atoms with Crippen LogP contribution in [0.25, 0.3) is 11.4 Å². The van der Waals surface area contributed by atoms with E-state index in [9.17, 15) is 9.59 Å². The normalized spacial score (nSPS) is 10.6. The Hall–Kier alpha value is -2.92. The molecule has 3 rings (SSSR count). The van der Waals surface area contributed by atoms with Gasteiger partial charge in [-0.2, -0.15) is 0 Å². The molecule has 0 saturated carbocycles. The maximum atomic E-state index is 12.6. The molecule has 0 saturated heterocycles. The van der Waals surface area contributed by atoms with Crippen LogP contribution in [0.15, 0.2) is 59.4 Å². The van der Waals surface area contributed by atoms with Crippen molar-refractivity contribution >= 4 is 23.2 Å². The zero-order chi connectivity index (χ0) is 19.4. The highest BCUT2D eigenvalue weighted by molar-refractivity contribution is 6.30. The molecular weight excluding hydrogens is 362 g/mol. The Balaban J connectivity index is 1.93. The largest absolute Gasteiger partial charge is 0.324 e. The lowest BCUT2D eigenvalue weighted by Crippen LogP contribution is -2.29. The predicted molar refractivity (Wildman–Crippen MR) is 108 cm³/mol. The van der Waals surface area contributed by atoms with Gasteiger partial charge in [0.15, 0.2) is 0 Å². The summed E-state index contributed by atoms with van der Waals surface area (Å²) in [5.74, 6) is 0.162. The minimum atomic E-state index is -0.279. The Labute approximate surface area is 162 Å². The highest BCUT2D eigenvalue weighted by Gasteiger charge is 2.14. The molecular formula is C21H20ClN3O2. The first-order valence-corrected chi connectivity index (χ1v) is 9.08. The van der Waals surface area contributed by atoms with E-state index in [2.05, 4.69) is 10.3 Å². The van der Waals surface area contributed by atoms with Crippen molar-refractivity contribution in [2.75, 3.05) is 5.32 Å². The number of aromatic nitrogens is 2. The fraction of sp³-hybridized carbons (Fsp3) is 0.190. The second-order valence-electron chi connectivity index (χ2n) is 6.21. The zero-order valence-corrected chi connectivity index (χ0v) is 16.0. The molecule has 0 aliphatic carbocycles.